The Morgan fingerprint density at radius 1 is 1.24 bits per heavy atom. The molecule has 2 fully saturated rings. The van der Waals surface area contributed by atoms with Gasteiger partial charge >= 0.3 is 5.97 Å². The van der Waals surface area contributed by atoms with Crippen molar-refractivity contribution in [2.45, 2.75) is 44.1 Å². The average molecular weight is 487 g/mol. The number of cyclic esters (lactones) is 1. The molecule has 9 heteroatoms. The number of anilines is 1. The molecule has 6 atom stereocenters. The van der Waals surface area contributed by atoms with Gasteiger partial charge in [-0.15, -0.1) is 0 Å². The summed E-state index contributed by atoms with van der Waals surface area (Å²) in [6, 6.07) is 3.73. The molecule has 1 aromatic carbocycles. The number of benzene rings is 1. The van der Waals surface area contributed by atoms with Crippen LogP contribution in [0.15, 0.2) is 42.5 Å². The van der Waals surface area contributed by atoms with Crippen molar-refractivity contribution >= 4 is 35.1 Å². The molecule has 1 aromatic rings. The molecule has 5 rings (SSSR count). The molecular formula is C25H27ClN2O6. The van der Waals surface area contributed by atoms with Gasteiger partial charge in [0, 0.05) is 6.54 Å². The van der Waals surface area contributed by atoms with Crippen molar-refractivity contribution in [1.82, 2.24) is 4.90 Å². The highest BCUT2D eigenvalue weighted by molar-refractivity contribution is 6.34. The fourth-order valence-electron chi connectivity index (χ4n) is 5.88. The van der Waals surface area contributed by atoms with Gasteiger partial charge in [0.05, 0.1) is 35.4 Å². The molecule has 1 N–H and O–H groups in total. The van der Waals surface area contributed by atoms with Crippen LogP contribution in [0, 0.1) is 18.8 Å². The number of carbonyl (C=O) groups excluding carboxylic acids is 3. The van der Waals surface area contributed by atoms with Crippen LogP contribution in [0.5, 0.6) is 0 Å². The molecule has 34 heavy (non-hydrogen) atoms. The van der Waals surface area contributed by atoms with E-state index in [4.69, 9.17) is 21.1 Å². The molecular weight excluding hydrogens is 460 g/mol. The van der Waals surface area contributed by atoms with E-state index in [0.29, 0.717) is 17.1 Å². The van der Waals surface area contributed by atoms with Gasteiger partial charge in [-0.05, 0) is 31.1 Å². The van der Waals surface area contributed by atoms with Gasteiger partial charge < -0.3 is 24.4 Å². The highest BCUT2D eigenvalue weighted by Gasteiger charge is 2.72. The van der Waals surface area contributed by atoms with Crippen LogP contribution in [0.25, 0.3) is 0 Å². The van der Waals surface area contributed by atoms with Gasteiger partial charge in [0.1, 0.15) is 24.2 Å². The first-order valence-electron chi connectivity index (χ1n) is 11.5. The molecule has 4 aliphatic heterocycles. The maximum Gasteiger partial charge on any atom is 0.313 e. The third kappa shape index (κ3) is 3.16. The quantitative estimate of drug-likeness (QED) is 0.516. The zero-order valence-electron chi connectivity index (χ0n) is 19.0. The number of ether oxygens (including phenoxy) is 2. The molecule has 2 amide bonds. The van der Waals surface area contributed by atoms with Crippen molar-refractivity contribution in [1.29, 1.82) is 0 Å². The van der Waals surface area contributed by atoms with Gasteiger partial charge in [0.2, 0.25) is 5.91 Å². The van der Waals surface area contributed by atoms with E-state index in [-0.39, 0.29) is 31.6 Å². The molecule has 0 saturated carbocycles. The number of aryl methyl sites for hydroxylation is 1. The Morgan fingerprint density at radius 2 is 2.03 bits per heavy atom. The molecule has 0 aliphatic carbocycles. The number of aliphatic hydroxyl groups excluding tert-OH is 1. The normalized spacial score (nSPS) is 33.2. The number of amides is 2. The summed E-state index contributed by atoms with van der Waals surface area (Å²) in [6.07, 6.45) is 6.73. The van der Waals surface area contributed by atoms with E-state index in [1.54, 1.807) is 35.3 Å². The first-order valence-corrected chi connectivity index (χ1v) is 11.9. The molecule has 0 aromatic heterocycles. The minimum atomic E-state index is -1.36. The standard InChI is InChI=1S/C25H27ClN2O6/c1-3-15(13-29)28-21-23(31)27(20-14(2)7-4-8-16(20)26)11-6-10-25(21)19(22(28)30)18-17(34-25)9-5-12-33-24(18)32/h4-10,15,17-19,21,29H,3,11-13H2,1-2H3/t15-,17+,18-,19-,21?,25-/m0/s1. The third-order valence-corrected chi connectivity index (χ3v) is 7.69. The lowest BCUT2D eigenvalue weighted by Crippen LogP contribution is -2.58. The highest BCUT2D eigenvalue weighted by atomic mass is 35.5. The van der Waals surface area contributed by atoms with Crippen molar-refractivity contribution < 1.29 is 29.0 Å². The maximum atomic E-state index is 14.3. The summed E-state index contributed by atoms with van der Waals surface area (Å²) in [5.41, 5.74) is 0.0163. The Labute approximate surface area is 202 Å². The third-order valence-electron chi connectivity index (χ3n) is 7.39. The first kappa shape index (κ1) is 23.1. The predicted octanol–water partition coefficient (Wildman–Crippen LogP) is 2.02. The van der Waals surface area contributed by atoms with E-state index >= 15 is 0 Å². The molecule has 1 spiro atoms. The Bertz CT molecular complexity index is 1080. The Morgan fingerprint density at radius 3 is 2.74 bits per heavy atom. The van der Waals surface area contributed by atoms with Crippen LogP contribution >= 0.6 is 11.6 Å². The fraction of sp³-hybridized carbons (Fsp3) is 0.480. The number of aliphatic hydroxyl groups is 1. The fourth-order valence-corrected chi connectivity index (χ4v) is 6.21. The lowest BCUT2D eigenvalue weighted by atomic mass is 9.78. The summed E-state index contributed by atoms with van der Waals surface area (Å²) in [7, 11) is 0. The topological polar surface area (TPSA) is 96.4 Å². The van der Waals surface area contributed by atoms with Gasteiger partial charge in [-0.25, -0.2) is 0 Å². The average Bonchev–Trinajstić information content (AvgIpc) is 3.11. The second kappa shape index (κ2) is 8.52. The van der Waals surface area contributed by atoms with E-state index in [1.165, 1.54) is 4.90 Å². The Kier molecular flexibility index (Phi) is 5.78. The van der Waals surface area contributed by atoms with E-state index in [2.05, 4.69) is 0 Å². The molecule has 0 radical (unpaired) electrons. The number of likely N-dealkylation sites (tertiary alicyclic amines) is 1. The number of hydrogen-bond acceptors (Lipinski definition) is 6. The van der Waals surface area contributed by atoms with Crippen LogP contribution in [-0.4, -0.2) is 71.3 Å². The highest BCUT2D eigenvalue weighted by Crippen LogP contribution is 2.54. The first-order chi connectivity index (χ1) is 16.4. The molecule has 0 bridgehead atoms. The number of para-hydroxylation sites is 1. The van der Waals surface area contributed by atoms with Crippen molar-refractivity contribution in [3.8, 4) is 0 Å². The minimum Gasteiger partial charge on any atom is -0.461 e. The van der Waals surface area contributed by atoms with Crippen LogP contribution in [0.1, 0.15) is 18.9 Å². The Balaban J connectivity index is 1.68. The second-order valence-electron chi connectivity index (χ2n) is 9.15. The van der Waals surface area contributed by atoms with Crippen molar-refractivity contribution in [3.05, 3.63) is 53.1 Å². The van der Waals surface area contributed by atoms with Crippen molar-refractivity contribution in [3.63, 3.8) is 0 Å². The van der Waals surface area contributed by atoms with E-state index in [1.807, 2.05) is 26.0 Å². The summed E-state index contributed by atoms with van der Waals surface area (Å²) in [6.45, 7) is 3.73. The van der Waals surface area contributed by atoms with Gasteiger partial charge in [0.25, 0.3) is 5.91 Å². The smallest absolute Gasteiger partial charge is 0.313 e. The molecule has 4 aliphatic rings. The van der Waals surface area contributed by atoms with Gasteiger partial charge in [-0.1, -0.05) is 48.9 Å². The summed E-state index contributed by atoms with van der Waals surface area (Å²) in [5.74, 6) is -3.09. The van der Waals surface area contributed by atoms with E-state index < -0.39 is 41.6 Å². The van der Waals surface area contributed by atoms with Gasteiger partial charge in [-0.3, -0.25) is 14.4 Å². The SMILES string of the molecule is CC[C@@H](CO)N1C(=O)[C@@H]2[C@H]3C(=O)OCC=C[C@H]3O[C@@]23C=CCN(c2c(C)cccc2Cl)C(=O)C13. The number of nitrogens with zero attached hydrogens (tertiary/aromatic N) is 2. The van der Waals surface area contributed by atoms with Crippen molar-refractivity contribution in [2.75, 3.05) is 24.7 Å². The van der Waals surface area contributed by atoms with E-state index in [9.17, 15) is 19.5 Å². The van der Waals surface area contributed by atoms with Gasteiger partial charge in [-0.2, -0.15) is 0 Å². The van der Waals surface area contributed by atoms with Gasteiger partial charge in [0.15, 0.2) is 0 Å². The number of fused-ring (bicyclic) bond motifs is 2. The molecule has 4 heterocycles. The van der Waals surface area contributed by atoms with Crippen molar-refractivity contribution in [2.24, 2.45) is 11.8 Å². The molecule has 8 nitrogen and oxygen atoms in total. The summed E-state index contributed by atoms with van der Waals surface area (Å²) < 4.78 is 11.8. The van der Waals surface area contributed by atoms with Crippen LogP contribution in [0.4, 0.5) is 5.69 Å². The lowest BCUT2D eigenvalue weighted by Gasteiger charge is -2.38. The number of esters is 1. The summed E-state index contributed by atoms with van der Waals surface area (Å²) in [4.78, 5) is 44.1. The number of hydrogen-bond donors (Lipinski definition) is 1. The predicted molar refractivity (Wildman–Crippen MR) is 124 cm³/mol. The van der Waals surface area contributed by atoms with E-state index in [0.717, 1.165) is 5.56 Å². The largest absolute Gasteiger partial charge is 0.461 e. The van der Waals surface area contributed by atoms with Crippen LogP contribution in [-0.2, 0) is 23.9 Å². The summed E-state index contributed by atoms with van der Waals surface area (Å²) >= 11 is 6.51. The Hall–Kier alpha value is -2.68. The molecule has 180 valence electrons. The number of halogens is 1. The van der Waals surface area contributed by atoms with Crippen LogP contribution in [0.2, 0.25) is 5.02 Å². The van der Waals surface area contributed by atoms with Crippen LogP contribution < -0.4 is 4.90 Å². The summed E-state index contributed by atoms with van der Waals surface area (Å²) in [5, 5.41) is 10.5. The number of rotatable bonds is 4. The second-order valence-corrected chi connectivity index (χ2v) is 9.55. The number of carbonyl (C=O) groups is 3. The lowest BCUT2D eigenvalue weighted by molar-refractivity contribution is -0.153. The van der Waals surface area contributed by atoms with Crippen LogP contribution in [0.3, 0.4) is 0 Å². The monoisotopic (exact) mass is 486 g/mol. The zero-order chi connectivity index (χ0) is 24.2. The zero-order valence-corrected chi connectivity index (χ0v) is 19.8. The minimum absolute atomic E-state index is 0.110. The molecule has 1 unspecified atom stereocenters. The molecule has 2 saturated heterocycles. The maximum absolute atomic E-state index is 14.3.